The molecule has 0 bridgehead atoms. The second-order valence-corrected chi connectivity index (χ2v) is 4.01. The van der Waals surface area contributed by atoms with E-state index in [0.29, 0.717) is 6.54 Å². The van der Waals surface area contributed by atoms with Crippen molar-refractivity contribution >= 4 is 11.7 Å². The third-order valence-corrected chi connectivity index (χ3v) is 2.69. The topological polar surface area (TPSA) is 62.2 Å². The van der Waals surface area contributed by atoms with Gasteiger partial charge in [-0.05, 0) is 36.8 Å². The molecule has 0 saturated carbocycles. The lowest BCUT2D eigenvalue weighted by molar-refractivity contribution is 0.0697. The molecule has 1 aromatic heterocycles. The van der Waals surface area contributed by atoms with Crippen LogP contribution in [0.5, 0.6) is 0 Å². The molecule has 2 N–H and O–H groups in total. The number of nitrogens with one attached hydrogen (secondary N) is 1. The number of aromatic nitrogens is 1. The Hall–Kier alpha value is -2.36. The Morgan fingerprint density at radius 3 is 2.89 bits per heavy atom. The van der Waals surface area contributed by atoms with Crippen molar-refractivity contribution in [3.63, 3.8) is 0 Å². The first-order valence-electron chi connectivity index (χ1n) is 5.64. The molecule has 0 radical (unpaired) electrons. The first-order chi connectivity index (χ1) is 8.66. The fourth-order valence-corrected chi connectivity index (χ4v) is 1.65. The summed E-state index contributed by atoms with van der Waals surface area (Å²) in [7, 11) is 0. The smallest absolute Gasteiger partial charge is 0.335 e. The van der Waals surface area contributed by atoms with Crippen molar-refractivity contribution in [2.45, 2.75) is 13.5 Å². The fraction of sp³-hybridized carbons (Fsp3) is 0.143. The number of carboxylic acid groups (broad SMARTS) is 1. The molecule has 4 nitrogen and oxygen atoms in total. The number of carbonyl (C=O) groups is 1. The van der Waals surface area contributed by atoms with Crippen LogP contribution in [0.2, 0.25) is 0 Å². The van der Waals surface area contributed by atoms with Crippen LogP contribution in [0.4, 0.5) is 5.69 Å². The molecule has 0 unspecified atom stereocenters. The summed E-state index contributed by atoms with van der Waals surface area (Å²) in [5.41, 5.74) is 3.12. The van der Waals surface area contributed by atoms with Gasteiger partial charge in [-0.15, -0.1) is 0 Å². The van der Waals surface area contributed by atoms with Gasteiger partial charge in [0.05, 0.1) is 17.8 Å². The maximum Gasteiger partial charge on any atom is 0.335 e. The minimum atomic E-state index is -0.923. The second kappa shape index (κ2) is 5.31. The van der Waals surface area contributed by atoms with Crippen LogP contribution < -0.4 is 5.32 Å². The summed E-state index contributed by atoms with van der Waals surface area (Å²) >= 11 is 0. The van der Waals surface area contributed by atoms with Crippen LogP contribution in [-0.4, -0.2) is 16.1 Å². The van der Waals surface area contributed by atoms with Gasteiger partial charge in [0, 0.05) is 11.9 Å². The van der Waals surface area contributed by atoms with Crippen molar-refractivity contribution in [3.05, 3.63) is 59.4 Å². The molecule has 18 heavy (non-hydrogen) atoms. The number of hydrogen-bond acceptors (Lipinski definition) is 3. The molecule has 4 heteroatoms. The monoisotopic (exact) mass is 242 g/mol. The third-order valence-electron chi connectivity index (χ3n) is 2.69. The predicted octanol–water partition coefficient (Wildman–Crippen LogP) is 2.70. The lowest BCUT2D eigenvalue weighted by Gasteiger charge is -2.08. The zero-order valence-corrected chi connectivity index (χ0v) is 10.1. The molecule has 0 amide bonds. The quantitative estimate of drug-likeness (QED) is 0.865. The van der Waals surface area contributed by atoms with Gasteiger partial charge in [0.2, 0.25) is 0 Å². The van der Waals surface area contributed by atoms with Crippen LogP contribution in [0.3, 0.4) is 0 Å². The number of pyridine rings is 1. The van der Waals surface area contributed by atoms with Crippen molar-refractivity contribution in [3.8, 4) is 0 Å². The van der Waals surface area contributed by atoms with Crippen LogP contribution in [0.15, 0.2) is 42.6 Å². The lowest BCUT2D eigenvalue weighted by Crippen LogP contribution is -2.04. The molecule has 2 aromatic rings. The summed E-state index contributed by atoms with van der Waals surface area (Å²) in [6, 6.07) is 10.6. The maximum atomic E-state index is 10.8. The van der Waals surface area contributed by atoms with Crippen LogP contribution in [0.25, 0.3) is 0 Å². The second-order valence-electron chi connectivity index (χ2n) is 4.01. The van der Waals surface area contributed by atoms with Gasteiger partial charge in [0.15, 0.2) is 0 Å². The van der Waals surface area contributed by atoms with Crippen molar-refractivity contribution in [1.29, 1.82) is 0 Å². The summed E-state index contributed by atoms with van der Waals surface area (Å²) in [6.45, 7) is 2.58. The Balaban J connectivity index is 2.09. The number of carboxylic acids is 1. The highest BCUT2D eigenvalue weighted by Gasteiger charge is 2.03. The van der Waals surface area contributed by atoms with Gasteiger partial charge >= 0.3 is 5.97 Å². The van der Waals surface area contributed by atoms with E-state index in [1.165, 1.54) is 0 Å². The normalized spacial score (nSPS) is 10.1. The van der Waals surface area contributed by atoms with E-state index < -0.39 is 5.97 Å². The van der Waals surface area contributed by atoms with E-state index in [-0.39, 0.29) is 5.56 Å². The molecular formula is C14H14N2O2. The number of rotatable bonds is 4. The number of hydrogen-bond donors (Lipinski definition) is 2. The molecule has 0 aliphatic heterocycles. The van der Waals surface area contributed by atoms with Gasteiger partial charge in [-0.3, -0.25) is 4.98 Å². The van der Waals surface area contributed by atoms with Gasteiger partial charge < -0.3 is 10.4 Å². The van der Waals surface area contributed by atoms with E-state index in [1.807, 2.05) is 25.1 Å². The van der Waals surface area contributed by atoms with Gasteiger partial charge in [-0.2, -0.15) is 0 Å². The third kappa shape index (κ3) is 2.85. The number of aryl methyl sites for hydroxylation is 1. The Morgan fingerprint density at radius 2 is 2.17 bits per heavy atom. The minimum absolute atomic E-state index is 0.276. The van der Waals surface area contributed by atoms with Gasteiger partial charge in [0.1, 0.15) is 0 Å². The standard InChI is InChI=1S/C14H14N2O2/c1-10-4-3-7-15-13(10)9-16-12-6-2-5-11(8-12)14(17)18/h2-8,16H,9H2,1H3,(H,17,18). The van der Waals surface area contributed by atoms with Crippen LogP contribution in [0, 0.1) is 6.92 Å². The molecule has 0 spiro atoms. The maximum absolute atomic E-state index is 10.8. The summed E-state index contributed by atoms with van der Waals surface area (Å²) in [5.74, 6) is -0.923. The fourth-order valence-electron chi connectivity index (χ4n) is 1.65. The van der Waals surface area contributed by atoms with E-state index in [0.717, 1.165) is 16.9 Å². The lowest BCUT2D eigenvalue weighted by atomic mass is 10.2. The summed E-state index contributed by atoms with van der Waals surface area (Å²) in [6.07, 6.45) is 1.75. The van der Waals surface area contributed by atoms with E-state index in [2.05, 4.69) is 10.3 Å². The predicted molar refractivity (Wildman–Crippen MR) is 69.7 cm³/mol. The highest BCUT2D eigenvalue weighted by atomic mass is 16.4. The molecular weight excluding hydrogens is 228 g/mol. The van der Waals surface area contributed by atoms with Crippen LogP contribution >= 0.6 is 0 Å². The van der Waals surface area contributed by atoms with Gasteiger partial charge in [-0.1, -0.05) is 12.1 Å². The average Bonchev–Trinajstić information content (AvgIpc) is 2.38. The first-order valence-corrected chi connectivity index (χ1v) is 5.64. The molecule has 0 fully saturated rings. The largest absolute Gasteiger partial charge is 0.478 e. The zero-order valence-electron chi connectivity index (χ0n) is 10.1. The van der Waals surface area contributed by atoms with E-state index in [4.69, 9.17) is 5.11 Å². The van der Waals surface area contributed by atoms with E-state index in [9.17, 15) is 4.79 Å². The Bertz CT molecular complexity index is 567. The van der Waals surface area contributed by atoms with Crippen molar-refractivity contribution in [2.75, 3.05) is 5.32 Å². The molecule has 2 rings (SSSR count). The van der Waals surface area contributed by atoms with Gasteiger partial charge in [0.25, 0.3) is 0 Å². The zero-order chi connectivity index (χ0) is 13.0. The Kier molecular flexibility index (Phi) is 3.57. The number of benzene rings is 1. The van der Waals surface area contributed by atoms with Crippen molar-refractivity contribution < 1.29 is 9.90 Å². The molecule has 92 valence electrons. The molecule has 1 aromatic carbocycles. The SMILES string of the molecule is Cc1cccnc1CNc1cccc(C(=O)O)c1. The molecule has 0 atom stereocenters. The van der Waals surface area contributed by atoms with Crippen molar-refractivity contribution in [1.82, 2.24) is 4.98 Å². The summed E-state index contributed by atoms with van der Waals surface area (Å²) < 4.78 is 0. The Labute approximate surface area is 105 Å². The van der Waals surface area contributed by atoms with Crippen LogP contribution in [0.1, 0.15) is 21.6 Å². The van der Waals surface area contributed by atoms with Crippen LogP contribution in [-0.2, 0) is 6.54 Å². The minimum Gasteiger partial charge on any atom is -0.478 e. The molecule has 0 aliphatic carbocycles. The molecule has 1 heterocycles. The summed E-state index contributed by atoms with van der Waals surface area (Å²) in [5, 5.41) is 12.1. The van der Waals surface area contributed by atoms with E-state index in [1.54, 1.807) is 24.4 Å². The van der Waals surface area contributed by atoms with Crippen molar-refractivity contribution in [2.24, 2.45) is 0 Å². The molecule has 0 saturated heterocycles. The average molecular weight is 242 g/mol. The molecule has 0 aliphatic rings. The Morgan fingerprint density at radius 1 is 1.33 bits per heavy atom. The number of aromatic carboxylic acids is 1. The highest BCUT2D eigenvalue weighted by molar-refractivity contribution is 5.88. The highest BCUT2D eigenvalue weighted by Crippen LogP contribution is 2.12. The number of nitrogens with zero attached hydrogens (tertiary/aromatic N) is 1. The van der Waals surface area contributed by atoms with E-state index >= 15 is 0 Å². The number of anilines is 1. The van der Waals surface area contributed by atoms with Gasteiger partial charge in [-0.25, -0.2) is 4.79 Å². The summed E-state index contributed by atoms with van der Waals surface area (Å²) in [4.78, 5) is 15.1. The first kappa shape index (κ1) is 12.1.